The third-order valence-electron chi connectivity index (χ3n) is 3.24. The molecule has 14 heavy (non-hydrogen) atoms. The molecule has 0 saturated heterocycles. The van der Waals surface area contributed by atoms with Crippen molar-refractivity contribution in [1.29, 1.82) is 0 Å². The van der Waals surface area contributed by atoms with Gasteiger partial charge in [0.1, 0.15) is 0 Å². The molecule has 78 valence electrons. The van der Waals surface area contributed by atoms with E-state index in [9.17, 15) is 0 Å². The molecule has 1 aliphatic carbocycles. The van der Waals surface area contributed by atoms with Crippen LogP contribution in [-0.2, 0) is 5.54 Å². The van der Waals surface area contributed by atoms with E-state index >= 15 is 0 Å². The molecule has 2 N–H and O–H groups in total. The summed E-state index contributed by atoms with van der Waals surface area (Å²) in [6.07, 6.45) is 4.61. The normalized spacial score (nSPS) is 33.2. The van der Waals surface area contributed by atoms with E-state index < -0.39 is 0 Å². The van der Waals surface area contributed by atoms with Crippen molar-refractivity contribution >= 4 is 22.9 Å². The molecule has 1 aromatic heterocycles. The van der Waals surface area contributed by atoms with Gasteiger partial charge in [-0.05, 0) is 43.0 Å². The largest absolute Gasteiger partial charge is 0.321 e. The zero-order chi connectivity index (χ0) is 10.2. The van der Waals surface area contributed by atoms with Gasteiger partial charge in [0.05, 0.1) is 10.6 Å². The molecular weight excluding hydrogens is 214 g/mol. The number of rotatable bonds is 1. The third-order valence-corrected chi connectivity index (χ3v) is 4.80. The van der Waals surface area contributed by atoms with E-state index in [0.717, 1.165) is 23.8 Å². The summed E-state index contributed by atoms with van der Waals surface area (Å²) in [6.45, 7) is 2.30. The average molecular weight is 230 g/mol. The molecule has 1 fully saturated rings. The molecule has 3 heteroatoms. The van der Waals surface area contributed by atoms with Gasteiger partial charge in [0.15, 0.2) is 0 Å². The van der Waals surface area contributed by atoms with Crippen molar-refractivity contribution in [3.05, 3.63) is 21.3 Å². The van der Waals surface area contributed by atoms with Crippen LogP contribution in [0.4, 0.5) is 0 Å². The summed E-state index contributed by atoms with van der Waals surface area (Å²) in [5.74, 6) is 0.824. The fourth-order valence-corrected chi connectivity index (χ4v) is 3.57. The summed E-state index contributed by atoms with van der Waals surface area (Å²) >= 11 is 7.83. The van der Waals surface area contributed by atoms with Crippen LogP contribution in [0.5, 0.6) is 0 Å². The van der Waals surface area contributed by atoms with E-state index in [0.29, 0.717) is 0 Å². The first-order valence-electron chi connectivity index (χ1n) is 5.14. The van der Waals surface area contributed by atoms with E-state index in [4.69, 9.17) is 17.3 Å². The van der Waals surface area contributed by atoms with E-state index in [1.54, 1.807) is 11.3 Å². The molecule has 0 radical (unpaired) electrons. The Morgan fingerprint density at radius 3 is 2.64 bits per heavy atom. The Kier molecular flexibility index (Phi) is 2.87. The number of hydrogen-bond donors (Lipinski definition) is 1. The SMILES string of the molecule is CC1CCC(N)(c2sccc2Cl)CC1. The molecule has 2 rings (SSSR count). The summed E-state index contributed by atoms with van der Waals surface area (Å²) < 4.78 is 0. The van der Waals surface area contributed by atoms with E-state index in [1.807, 2.05) is 11.4 Å². The highest BCUT2D eigenvalue weighted by atomic mass is 35.5. The van der Waals surface area contributed by atoms with Crippen molar-refractivity contribution < 1.29 is 0 Å². The third kappa shape index (κ3) is 1.83. The molecule has 0 atom stereocenters. The highest BCUT2D eigenvalue weighted by Gasteiger charge is 2.34. The van der Waals surface area contributed by atoms with Gasteiger partial charge in [-0.2, -0.15) is 0 Å². The second-order valence-electron chi connectivity index (χ2n) is 4.44. The first kappa shape index (κ1) is 10.5. The maximum Gasteiger partial charge on any atom is 0.0564 e. The molecule has 0 bridgehead atoms. The lowest BCUT2D eigenvalue weighted by Crippen LogP contribution is -2.39. The highest BCUT2D eigenvalue weighted by molar-refractivity contribution is 7.10. The number of halogens is 1. The zero-order valence-electron chi connectivity index (χ0n) is 8.42. The Bertz CT molecular complexity index is 313. The molecule has 1 aromatic rings. The molecule has 1 heterocycles. The topological polar surface area (TPSA) is 26.0 Å². The summed E-state index contributed by atoms with van der Waals surface area (Å²) in [5.41, 5.74) is 6.27. The van der Waals surface area contributed by atoms with Gasteiger partial charge in [-0.25, -0.2) is 0 Å². The second-order valence-corrected chi connectivity index (χ2v) is 5.76. The van der Waals surface area contributed by atoms with E-state index in [1.165, 1.54) is 17.7 Å². The van der Waals surface area contributed by atoms with Gasteiger partial charge in [0.25, 0.3) is 0 Å². The van der Waals surface area contributed by atoms with Gasteiger partial charge in [-0.15, -0.1) is 11.3 Å². The predicted molar refractivity (Wildman–Crippen MR) is 62.8 cm³/mol. The minimum Gasteiger partial charge on any atom is -0.321 e. The first-order chi connectivity index (χ1) is 6.62. The molecular formula is C11H16ClNS. The number of hydrogen-bond acceptors (Lipinski definition) is 2. The summed E-state index contributed by atoms with van der Waals surface area (Å²) in [5, 5.41) is 2.89. The average Bonchev–Trinajstić information content (AvgIpc) is 2.58. The van der Waals surface area contributed by atoms with Crippen molar-refractivity contribution in [1.82, 2.24) is 0 Å². The van der Waals surface area contributed by atoms with Crippen LogP contribution in [0, 0.1) is 5.92 Å². The molecule has 0 amide bonds. The van der Waals surface area contributed by atoms with Crippen LogP contribution < -0.4 is 5.73 Å². The van der Waals surface area contributed by atoms with Gasteiger partial charge in [0.2, 0.25) is 0 Å². The first-order valence-corrected chi connectivity index (χ1v) is 6.40. The van der Waals surface area contributed by atoms with E-state index in [-0.39, 0.29) is 5.54 Å². The Hall–Kier alpha value is -0.0500. The van der Waals surface area contributed by atoms with Crippen molar-refractivity contribution in [2.75, 3.05) is 0 Å². The molecule has 0 aliphatic heterocycles. The van der Waals surface area contributed by atoms with Crippen LogP contribution in [0.3, 0.4) is 0 Å². The maximum absolute atomic E-state index is 6.41. The van der Waals surface area contributed by atoms with Crippen molar-refractivity contribution in [3.8, 4) is 0 Å². The Labute approximate surface area is 94.3 Å². The monoisotopic (exact) mass is 229 g/mol. The van der Waals surface area contributed by atoms with Crippen LogP contribution in [0.2, 0.25) is 5.02 Å². The molecule has 1 aliphatic rings. The minimum absolute atomic E-state index is 0.141. The number of thiophene rings is 1. The molecule has 0 spiro atoms. The van der Waals surface area contributed by atoms with Crippen LogP contribution in [0.15, 0.2) is 11.4 Å². The van der Waals surface area contributed by atoms with Gasteiger partial charge in [-0.1, -0.05) is 18.5 Å². The molecule has 1 saturated carbocycles. The van der Waals surface area contributed by atoms with Crippen LogP contribution in [-0.4, -0.2) is 0 Å². The fraction of sp³-hybridized carbons (Fsp3) is 0.636. The Morgan fingerprint density at radius 2 is 2.14 bits per heavy atom. The van der Waals surface area contributed by atoms with Crippen molar-refractivity contribution in [3.63, 3.8) is 0 Å². The lowest BCUT2D eigenvalue weighted by molar-refractivity contribution is 0.252. The van der Waals surface area contributed by atoms with Crippen molar-refractivity contribution in [2.24, 2.45) is 11.7 Å². The van der Waals surface area contributed by atoms with Gasteiger partial charge in [-0.3, -0.25) is 0 Å². The molecule has 0 aromatic carbocycles. The van der Waals surface area contributed by atoms with E-state index in [2.05, 4.69) is 6.92 Å². The summed E-state index contributed by atoms with van der Waals surface area (Å²) in [4.78, 5) is 1.19. The second kappa shape index (κ2) is 3.84. The standard InChI is InChI=1S/C11H16ClNS/c1-8-2-5-11(13,6-3-8)10-9(12)4-7-14-10/h4,7-8H,2-3,5-6,13H2,1H3. The fourth-order valence-electron chi connectivity index (χ4n) is 2.15. The number of nitrogens with two attached hydrogens (primary N) is 1. The Morgan fingerprint density at radius 1 is 1.50 bits per heavy atom. The van der Waals surface area contributed by atoms with Gasteiger partial charge < -0.3 is 5.73 Å². The Balaban J connectivity index is 2.21. The smallest absolute Gasteiger partial charge is 0.0564 e. The van der Waals surface area contributed by atoms with Gasteiger partial charge >= 0.3 is 0 Å². The minimum atomic E-state index is -0.141. The molecule has 0 unspecified atom stereocenters. The van der Waals surface area contributed by atoms with Crippen LogP contribution in [0.25, 0.3) is 0 Å². The predicted octanol–water partition coefficient (Wildman–Crippen LogP) is 3.77. The maximum atomic E-state index is 6.41. The van der Waals surface area contributed by atoms with Crippen LogP contribution in [0.1, 0.15) is 37.5 Å². The summed E-state index contributed by atoms with van der Waals surface area (Å²) in [7, 11) is 0. The van der Waals surface area contributed by atoms with Gasteiger partial charge in [0, 0.05) is 4.88 Å². The summed E-state index contributed by atoms with van der Waals surface area (Å²) in [6, 6.07) is 1.95. The lowest BCUT2D eigenvalue weighted by atomic mass is 9.77. The zero-order valence-corrected chi connectivity index (χ0v) is 10.00. The van der Waals surface area contributed by atoms with Crippen LogP contribution >= 0.6 is 22.9 Å². The quantitative estimate of drug-likeness (QED) is 0.780. The van der Waals surface area contributed by atoms with Crippen molar-refractivity contribution in [2.45, 2.75) is 38.1 Å². The highest BCUT2D eigenvalue weighted by Crippen LogP contribution is 2.42. The lowest BCUT2D eigenvalue weighted by Gasteiger charge is -2.35. The molecule has 1 nitrogen and oxygen atoms in total.